The lowest BCUT2D eigenvalue weighted by Gasteiger charge is -2.24. The van der Waals surface area contributed by atoms with Crippen molar-refractivity contribution >= 4 is 11.6 Å². The number of halogens is 1. The molecule has 0 radical (unpaired) electrons. The molecular weight excluding hydrogens is 160 g/mol. The van der Waals surface area contributed by atoms with E-state index < -0.39 is 0 Å². The van der Waals surface area contributed by atoms with Crippen LogP contribution in [0.25, 0.3) is 0 Å². The Morgan fingerprint density at radius 1 is 1.64 bits per heavy atom. The fourth-order valence-corrected chi connectivity index (χ4v) is 0.890. The van der Waals surface area contributed by atoms with E-state index in [1.807, 2.05) is 0 Å². The van der Waals surface area contributed by atoms with E-state index in [4.69, 9.17) is 16.3 Å². The smallest absolute Gasteiger partial charge is 0.0645 e. The molecule has 11 heavy (non-hydrogen) atoms. The van der Waals surface area contributed by atoms with Crippen molar-refractivity contribution in [1.82, 2.24) is 0 Å². The van der Waals surface area contributed by atoms with E-state index in [0.717, 1.165) is 13.0 Å². The molecule has 66 valence electrons. The summed E-state index contributed by atoms with van der Waals surface area (Å²) < 4.78 is 5.33. The minimum Gasteiger partial charge on any atom is -0.377 e. The van der Waals surface area contributed by atoms with Gasteiger partial charge in [-0.1, -0.05) is 19.9 Å². The van der Waals surface area contributed by atoms with Crippen molar-refractivity contribution in [1.29, 1.82) is 0 Å². The SMILES string of the molecule is C=CCOCC(C)(CC)CCl. The second-order valence-electron chi connectivity index (χ2n) is 3.10. The Balaban J connectivity index is 3.59. The van der Waals surface area contributed by atoms with Crippen molar-refractivity contribution in [3.05, 3.63) is 12.7 Å². The molecular formula is C9H17ClO. The van der Waals surface area contributed by atoms with Gasteiger partial charge in [-0.15, -0.1) is 18.2 Å². The maximum absolute atomic E-state index is 5.78. The molecule has 0 saturated heterocycles. The van der Waals surface area contributed by atoms with Crippen LogP contribution in [0.1, 0.15) is 20.3 Å². The van der Waals surface area contributed by atoms with Gasteiger partial charge in [0.1, 0.15) is 0 Å². The molecule has 0 saturated carbocycles. The maximum atomic E-state index is 5.78. The molecule has 0 fully saturated rings. The molecule has 0 amide bonds. The van der Waals surface area contributed by atoms with Crippen LogP contribution in [0.5, 0.6) is 0 Å². The highest BCUT2D eigenvalue weighted by Crippen LogP contribution is 2.22. The summed E-state index contributed by atoms with van der Waals surface area (Å²) in [7, 11) is 0. The molecule has 0 rings (SSSR count). The van der Waals surface area contributed by atoms with Crippen molar-refractivity contribution < 1.29 is 4.74 Å². The van der Waals surface area contributed by atoms with E-state index in [1.165, 1.54) is 0 Å². The fourth-order valence-electron chi connectivity index (χ4n) is 0.624. The van der Waals surface area contributed by atoms with Crippen LogP contribution in [0, 0.1) is 5.41 Å². The minimum atomic E-state index is 0.130. The van der Waals surface area contributed by atoms with Crippen molar-refractivity contribution in [2.24, 2.45) is 5.41 Å². The van der Waals surface area contributed by atoms with Gasteiger partial charge in [0.25, 0.3) is 0 Å². The number of rotatable bonds is 6. The predicted octanol–water partition coefficient (Wildman–Crippen LogP) is 2.84. The largest absolute Gasteiger partial charge is 0.377 e. The first-order valence-corrected chi connectivity index (χ1v) is 4.46. The zero-order valence-electron chi connectivity index (χ0n) is 7.40. The van der Waals surface area contributed by atoms with Gasteiger partial charge in [0.15, 0.2) is 0 Å². The first-order chi connectivity index (χ1) is 5.18. The third-order valence-electron chi connectivity index (χ3n) is 1.86. The summed E-state index contributed by atoms with van der Waals surface area (Å²) >= 11 is 5.78. The molecule has 0 aromatic heterocycles. The molecule has 0 spiro atoms. The zero-order chi connectivity index (χ0) is 8.74. The van der Waals surface area contributed by atoms with Crippen LogP contribution in [0.15, 0.2) is 12.7 Å². The third-order valence-corrected chi connectivity index (χ3v) is 2.51. The summed E-state index contributed by atoms with van der Waals surface area (Å²) in [6, 6.07) is 0. The Labute approximate surface area is 74.4 Å². The number of hydrogen-bond donors (Lipinski definition) is 0. The van der Waals surface area contributed by atoms with Gasteiger partial charge in [-0.25, -0.2) is 0 Å². The van der Waals surface area contributed by atoms with E-state index in [-0.39, 0.29) is 5.41 Å². The highest BCUT2D eigenvalue weighted by molar-refractivity contribution is 6.18. The number of hydrogen-bond acceptors (Lipinski definition) is 1. The van der Waals surface area contributed by atoms with Crippen molar-refractivity contribution in [2.75, 3.05) is 19.1 Å². The van der Waals surface area contributed by atoms with Crippen LogP contribution in [0.4, 0.5) is 0 Å². The van der Waals surface area contributed by atoms with E-state index in [1.54, 1.807) is 6.08 Å². The summed E-state index contributed by atoms with van der Waals surface area (Å²) in [5, 5.41) is 0. The van der Waals surface area contributed by atoms with Gasteiger partial charge in [0.05, 0.1) is 13.2 Å². The fraction of sp³-hybridized carbons (Fsp3) is 0.778. The standard InChI is InChI=1S/C9H17ClO/c1-4-6-11-8-9(3,5-2)7-10/h4H,1,5-8H2,2-3H3. The molecule has 1 atom stereocenters. The lowest BCUT2D eigenvalue weighted by atomic mass is 9.91. The summed E-state index contributed by atoms with van der Waals surface area (Å²) in [5.74, 6) is 0.653. The molecule has 0 aliphatic carbocycles. The lowest BCUT2D eigenvalue weighted by molar-refractivity contribution is 0.0805. The lowest BCUT2D eigenvalue weighted by Crippen LogP contribution is -2.24. The molecule has 0 heterocycles. The maximum Gasteiger partial charge on any atom is 0.0645 e. The summed E-state index contributed by atoms with van der Waals surface area (Å²) in [6.07, 6.45) is 2.80. The van der Waals surface area contributed by atoms with Crippen molar-refractivity contribution in [2.45, 2.75) is 20.3 Å². The van der Waals surface area contributed by atoms with Gasteiger partial charge in [0, 0.05) is 11.3 Å². The van der Waals surface area contributed by atoms with E-state index in [2.05, 4.69) is 20.4 Å². The Hall–Kier alpha value is -0.0100. The highest BCUT2D eigenvalue weighted by atomic mass is 35.5. The zero-order valence-corrected chi connectivity index (χ0v) is 8.16. The molecule has 0 aromatic carbocycles. The van der Waals surface area contributed by atoms with E-state index >= 15 is 0 Å². The first kappa shape index (κ1) is 11.0. The van der Waals surface area contributed by atoms with Crippen LogP contribution in [-0.2, 0) is 4.74 Å². The van der Waals surface area contributed by atoms with Crippen molar-refractivity contribution in [3.8, 4) is 0 Å². The van der Waals surface area contributed by atoms with Gasteiger partial charge < -0.3 is 4.74 Å². The summed E-state index contributed by atoms with van der Waals surface area (Å²) in [6.45, 7) is 9.17. The Morgan fingerprint density at radius 2 is 2.27 bits per heavy atom. The average Bonchev–Trinajstić information content (AvgIpc) is 2.05. The van der Waals surface area contributed by atoms with Gasteiger partial charge in [-0.2, -0.15) is 0 Å². The van der Waals surface area contributed by atoms with E-state index in [0.29, 0.717) is 12.5 Å². The molecule has 0 N–H and O–H groups in total. The highest BCUT2D eigenvalue weighted by Gasteiger charge is 2.20. The van der Waals surface area contributed by atoms with Crippen molar-refractivity contribution in [3.63, 3.8) is 0 Å². The summed E-state index contributed by atoms with van der Waals surface area (Å²) in [5.41, 5.74) is 0.130. The first-order valence-electron chi connectivity index (χ1n) is 3.93. The van der Waals surface area contributed by atoms with Crippen LogP contribution in [0.2, 0.25) is 0 Å². The van der Waals surface area contributed by atoms with Crippen LogP contribution in [-0.4, -0.2) is 19.1 Å². The Kier molecular flexibility index (Phi) is 5.61. The molecule has 0 aliphatic heterocycles. The summed E-state index contributed by atoms with van der Waals surface area (Å²) in [4.78, 5) is 0. The monoisotopic (exact) mass is 176 g/mol. The second kappa shape index (κ2) is 5.62. The molecule has 0 bridgehead atoms. The second-order valence-corrected chi connectivity index (χ2v) is 3.37. The average molecular weight is 177 g/mol. The van der Waals surface area contributed by atoms with Gasteiger partial charge >= 0.3 is 0 Å². The topological polar surface area (TPSA) is 9.23 Å². The van der Waals surface area contributed by atoms with Crippen LogP contribution in [0.3, 0.4) is 0 Å². The van der Waals surface area contributed by atoms with Crippen LogP contribution >= 0.6 is 11.6 Å². The minimum absolute atomic E-state index is 0.130. The molecule has 0 aromatic rings. The third kappa shape index (κ3) is 4.44. The molecule has 2 heteroatoms. The molecule has 1 nitrogen and oxygen atoms in total. The van der Waals surface area contributed by atoms with Gasteiger partial charge in [-0.3, -0.25) is 0 Å². The van der Waals surface area contributed by atoms with E-state index in [9.17, 15) is 0 Å². The number of ether oxygens (including phenoxy) is 1. The molecule has 1 unspecified atom stereocenters. The Bertz CT molecular complexity index is 108. The Morgan fingerprint density at radius 3 is 2.64 bits per heavy atom. The number of alkyl halides is 1. The van der Waals surface area contributed by atoms with Gasteiger partial charge in [0.2, 0.25) is 0 Å². The van der Waals surface area contributed by atoms with Gasteiger partial charge in [-0.05, 0) is 6.42 Å². The quantitative estimate of drug-likeness (QED) is 0.344. The normalized spacial score (nSPS) is 15.9. The predicted molar refractivity (Wildman–Crippen MR) is 50.1 cm³/mol. The molecule has 0 aliphatic rings. The van der Waals surface area contributed by atoms with Crippen LogP contribution < -0.4 is 0 Å².